The summed E-state index contributed by atoms with van der Waals surface area (Å²) >= 11 is 3.40. The SMILES string of the molecule is O=C(c1ccccc1)C(O)(I)I. The van der Waals surface area contributed by atoms with Crippen LogP contribution in [0.1, 0.15) is 10.4 Å². The third-order valence-corrected chi connectivity index (χ3v) is 2.29. The van der Waals surface area contributed by atoms with Gasteiger partial charge in [-0.1, -0.05) is 30.3 Å². The standard InChI is InChI=1S/C8H6I2O2/c9-8(10,12)7(11)6-4-2-1-3-5-6/h1-5,12H. The van der Waals surface area contributed by atoms with Gasteiger partial charge >= 0.3 is 0 Å². The van der Waals surface area contributed by atoms with Crippen molar-refractivity contribution in [1.29, 1.82) is 0 Å². The van der Waals surface area contributed by atoms with Gasteiger partial charge in [-0.3, -0.25) is 4.79 Å². The zero-order chi connectivity index (χ0) is 9.19. The van der Waals surface area contributed by atoms with E-state index in [1.165, 1.54) is 0 Å². The summed E-state index contributed by atoms with van der Waals surface area (Å²) < 4.78 is -1.34. The molecule has 0 aliphatic carbocycles. The number of halogens is 2. The van der Waals surface area contributed by atoms with Crippen LogP contribution in [0.5, 0.6) is 0 Å². The number of hydrogen-bond donors (Lipinski definition) is 1. The molecule has 0 fully saturated rings. The summed E-state index contributed by atoms with van der Waals surface area (Å²) in [5.41, 5.74) is 0.531. The van der Waals surface area contributed by atoms with Gasteiger partial charge in [0.15, 0.2) is 0 Å². The Bertz CT molecular complexity index is 277. The zero-order valence-electron chi connectivity index (χ0n) is 6.00. The van der Waals surface area contributed by atoms with Gasteiger partial charge in [-0.05, 0) is 45.2 Å². The first-order chi connectivity index (χ1) is 5.52. The lowest BCUT2D eigenvalue weighted by molar-refractivity contribution is 0.0868. The fraction of sp³-hybridized carbons (Fsp3) is 0.125. The van der Waals surface area contributed by atoms with E-state index in [1.807, 2.05) is 6.07 Å². The molecule has 0 unspecified atom stereocenters. The molecule has 2 nitrogen and oxygen atoms in total. The molecule has 0 aromatic heterocycles. The lowest BCUT2D eigenvalue weighted by atomic mass is 10.1. The summed E-state index contributed by atoms with van der Waals surface area (Å²) in [4.78, 5) is 11.4. The predicted molar refractivity (Wildman–Crippen MR) is 63.8 cm³/mol. The van der Waals surface area contributed by atoms with Crippen LogP contribution in [-0.2, 0) is 0 Å². The van der Waals surface area contributed by atoms with E-state index in [0.717, 1.165) is 0 Å². The maximum absolute atomic E-state index is 11.4. The fourth-order valence-electron chi connectivity index (χ4n) is 0.763. The molecule has 0 aliphatic rings. The summed E-state index contributed by atoms with van der Waals surface area (Å²) in [7, 11) is 0. The Morgan fingerprint density at radius 3 is 2.17 bits per heavy atom. The second kappa shape index (κ2) is 4.01. The number of ketones is 1. The van der Waals surface area contributed by atoms with E-state index in [9.17, 15) is 9.90 Å². The molecule has 1 aromatic carbocycles. The molecule has 0 atom stereocenters. The van der Waals surface area contributed by atoms with Crippen molar-refractivity contribution < 1.29 is 9.90 Å². The highest BCUT2D eigenvalue weighted by Gasteiger charge is 2.29. The smallest absolute Gasteiger partial charge is 0.230 e. The van der Waals surface area contributed by atoms with Crippen LogP contribution in [0.15, 0.2) is 30.3 Å². The van der Waals surface area contributed by atoms with Crippen molar-refractivity contribution in [2.45, 2.75) is 1.61 Å². The van der Waals surface area contributed by atoms with Crippen LogP contribution in [0.2, 0.25) is 0 Å². The van der Waals surface area contributed by atoms with E-state index >= 15 is 0 Å². The molecule has 0 radical (unpaired) electrons. The van der Waals surface area contributed by atoms with Crippen LogP contribution in [0.4, 0.5) is 0 Å². The summed E-state index contributed by atoms with van der Waals surface area (Å²) in [6.45, 7) is 0. The Labute approximate surface area is 97.6 Å². The topological polar surface area (TPSA) is 37.3 Å². The summed E-state index contributed by atoms with van der Waals surface area (Å²) in [6.07, 6.45) is 0. The monoisotopic (exact) mass is 388 g/mol. The minimum atomic E-state index is -1.34. The highest BCUT2D eigenvalue weighted by atomic mass is 127. The van der Waals surface area contributed by atoms with E-state index < -0.39 is 1.61 Å². The molecule has 12 heavy (non-hydrogen) atoms. The third-order valence-electron chi connectivity index (χ3n) is 1.31. The van der Waals surface area contributed by atoms with Crippen LogP contribution >= 0.6 is 45.2 Å². The number of alkyl halides is 2. The molecule has 0 heterocycles. The van der Waals surface area contributed by atoms with E-state index in [-0.39, 0.29) is 5.78 Å². The quantitative estimate of drug-likeness (QED) is 0.480. The first-order valence-corrected chi connectivity index (χ1v) is 5.37. The van der Waals surface area contributed by atoms with Crippen molar-refractivity contribution in [2.24, 2.45) is 0 Å². The molecular weight excluding hydrogens is 382 g/mol. The Hall–Kier alpha value is 0.310. The predicted octanol–water partition coefficient (Wildman–Crippen LogP) is 2.39. The molecular formula is C8H6I2O2. The van der Waals surface area contributed by atoms with Crippen molar-refractivity contribution >= 4 is 51.0 Å². The number of benzene rings is 1. The molecule has 0 bridgehead atoms. The van der Waals surface area contributed by atoms with Gasteiger partial charge in [-0.2, -0.15) is 0 Å². The van der Waals surface area contributed by atoms with Gasteiger partial charge < -0.3 is 5.11 Å². The highest BCUT2D eigenvalue weighted by Crippen LogP contribution is 2.27. The van der Waals surface area contributed by atoms with Crippen molar-refractivity contribution in [2.75, 3.05) is 0 Å². The van der Waals surface area contributed by atoms with E-state index in [0.29, 0.717) is 5.56 Å². The first-order valence-electron chi connectivity index (χ1n) is 3.22. The molecule has 0 saturated carbocycles. The molecule has 1 aromatic rings. The van der Waals surface area contributed by atoms with Crippen molar-refractivity contribution in [3.8, 4) is 0 Å². The number of hydrogen-bond acceptors (Lipinski definition) is 2. The zero-order valence-corrected chi connectivity index (χ0v) is 10.3. The largest absolute Gasteiger partial charge is 0.365 e. The van der Waals surface area contributed by atoms with Gasteiger partial charge in [0, 0.05) is 5.56 Å². The molecule has 0 saturated heterocycles. The van der Waals surface area contributed by atoms with Crippen molar-refractivity contribution in [3.05, 3.63) is 35.9 Å². The second-order valence-corrected chi connectivity index (χ2v) is 7.42. The van der Waals surface area contributed by atoms with Gasteiger partial charge in [0.05, 0.1) is 0 Å². The normalized spacial score (nSPS) is 11.2. The number of carbonyl (C=O) groups excluding carboxylic acids is 1. The van der Waals surface area contributed by atoms with Crippen LogP contribution in [0.3, 0.4) is 0 Å². The van der Waals surface area contributed by atoms with Crippen LogP contribution in [0, 0.1) is 0 Å². The number of carbonyl (C=O) groups is 1. The van der Waals surface area contributed by atoms with Crippen LogP contribution < -0.4 is 0 Å². The van der Waals surface area contributed by atoms with Gasteiger partial charge in [0.2, 0.25) is 7.40 Å². The van der Waals surface area contributed by atoms with Gasteiger partial charge in [0.1, 0.15) is 0 Å². The van der Waals surface area contributed by atoms with Crippen molar-refractivity contribution in [1.82, 2.24) is 0 Å². The molecule has 0 aliphatic heterocycles. The number of Topliss-reactive ketones (excluding diaryl/α,β-unsaturated/α-hetero) is 1. The molecule has 1 rings (SSSR count). The average Bonchev–Trinajstić information content (AvgIpc) is 2.03. The molecule has 4 heteroatoms. The molecule has 64 valence electrons. The fourth-order valence-corrected chi connectivity index (χ4v) is 1.39. The number of aliphatic hydroxyl groups is 1. The maximum Gasteiger partial charge on any atom is 0.230 e. The Morgan fingerprint density at radius 2 is 1.75 bits per heavy atom. The lowest BCUT2D eigenvalue weighted by Crippen LogP contribution is -2.23. The summed E-state index contributed by atoms with van der Waals surface area (Å²) in [5, 5.41) is 9.36. The molecule has 1 N–H and O–H groups in total. The number of rotatable bonds is 2. The second-order valence-electron chi connectivity index (χ2n) is 2.24. The first kappa shape index (κ1) is 10.4. The van der Waals surface area contributed by atoms with Crippen molar-refractivity contribution in [3.63, 3.8) is 0 Å². The lowest BCUT2D eigenvalue weighted by Gasteiger charge is -2.10. The Kier molecular flexibility index (Phi) is 3.47. The Balaban J connectivity index is 2.94. The average molecular weight is 388 g/mol. The van der Waals surface area contributed by atoms with E-state index in [4.69, 9.17) is 0 Å². The minimum absolute atomic E-state index is 0.274. The Morgan fingerprint density at radius 1 is 1.25 bits per heavy atom. The van der Waals surface area contributed by atoms with Crippen LogP contribution in [-0.4, -0.2) is 12.5 Å². The van der Waals surface area contributed by atoms with Crippen LogP contribution in [0.25, 0.3) is 0 Å². The van der Waals surface area contributed by atoms with Gasteiger partial charge in [-0.25, -0.2) is 0 Å². The van der Waals surface area contributed by atoms with E-state index in [1.54, 1.807) is 69.4 Å². The molecule has 0 spiro atoms. The molecule has 0 amide bonds. The third kappa shape index (κ3) is 2.67. The highest BCUT2D eigenvalue weighted by molar-refractivity contribution is 14.2. The minimum Gasteiger partial charge on any atom is -0.365 e. The van der Waals surface area contributed by atoms with Gasteiger partial charge in [-0.15, -0.1) is 0 Å². The summed E-state index contributed by atoms with van der Waals surface area (Å²) in [6, 6.07) is 8.74. The van der Waals surface area contributed by atoms with E-state index in [2.05, 4.69) is 0 Å². The van der Waals surface area contributed by atoms with Gasteiger partial charge in [0.25, 0.3) is 0 Å². The summed E-state index contributed by atoms with van der Waals surface area (Å²) in [5.74, 6) is -0.274. The maximum atomic E-state index is 11.4.